The van der Waals surface area contributed by atoms with E-state index in [0.717, 1.165) is 6.42 Å². The summed E-state index contributed by atoms with van der Waals surface area (Å²) in [5.74, 6) is -0.933. The number of carbonyl (C=O) groups excluding carboxylic acids is 2. The van der Waals surface area contributed by atoms with Crippen molar-refractivity contribution in [3.63, 3.8) is 0 Å². The van der Waals surface area contributed by atoms with E-state index in [1.807, 2.05) is 13.8 Å². The van der Waals surface area contributed by atoms with Crippen LogP contribution in [-0.4, -0.2) is 25.0 Å². The monoisotopic (exact) mass is 273 g/mol. The number of ether oxygens (including phenoxy) is 1. The highest BCUT2D eigenvalue weighted by Gasteiger charge is 2.27. The molecule has 18 heavy (non-hydrogen) atoms. The van der Waals surface area contributed by atoms with Gasteiger partial charge >= 0.3 is 5.97 Å². The molecule has 100 valence electrons. The van der Waals surface area contributed by atoms with Gasteiger partial charge in [0.15, 0.2) is 11.0 Å². The molecule has 1 aromatic rings. The van der Waals surface area contributed by atoms with E-state index in [1.54, 1.807) is 0 Å². The Morgan fingerprint density at radius 3 is 2.61 bits per heavy atom. The molecule has 6 heteroatoms. The Balaban J connectivity index is 2.77. The first-order valence-corrected chi connectivity index (χ1v) is 6.01. The zero-order chi connectivity index (χ0) is 13.7. The Morgan fingerprint density at radius 2 is 2.17 bits per heavy atom. The Kier molecular flexibility index (Phi) is 5.22. The summed E-state index contributed by atoms with van der Waals surface area (Å²) in [6, 6.07) is 2.21. The summed E-state index contributed by atoms with van der Waals surface area (Å²) >= 11 is 5.58. The van der Waals surface area contributed by atoms with Crippen LogP contribution in [0.2, 0.25) is 5.22 Å². The summed E-state index contributed by atoms with van der Waals surface area (Å²) in [5.41, 5.74) is 0. The van der Waals surface area contributed by atoms with E-state index in [2.05, 4.69) is 10.1 Å². The van der Waals surface area contributed by atoms with Crippen LogP contribution in [0.4, 0.5) is 0 Å². The van der Waals surface area contributed by atoms with Gasteiger partial charge in [0, 0.05) is 0 Å². The van der Waals surface area contributed by atoms with Crippen LogP contribution in [0, 0.1) is 5.92 Å². The van der Waals surface area contributed by atoms with Crippen molar-refractivity contribution in [1.29, 1.82) is 0 Å². The van der Waals surface area contributed by atoms with E-state index in [-0.39, 0.29) is 16.9 Å². The summed E-state index contributed by atoms with van der Waals surface area (Å²) < 4.78 is 9.64. The molecule has 0 radical (unpaired) electrons. The maximum atomic E-state index is 11.8. The van der Waals surface area contributed by atoms with Crippen molar-refractivity contribution < 1.29 is 18.7 Å². The van der Waals surface area contributed by atoms with Crippen LogP contribution in [0.15, 0.2) is 16.5 Å². The highest BCUT2D eigenvalue weighted by molar-refractivity contribution is 6.29. The largest absolute Gasteiger partial charge is 0.467 e. The summed E-state index contributed by atoms with van der Waals surface area (Å²) in [6.45, 7) is 3.79. The van der Waals surface area contributed by atoms with Crippen LogP contribution in [-0.2, 0) is 9.53 Å². The van der Waals surface area contributed by atoms with Gasteiger partial charge in [-0.3, -0.25) is 4.79 Å². The average molecular weight is 274 g/mol. The van der Waals surface area contributed by atoms with Crippen molar-refractivity contribution in [2.45, 2.75) is 26.3 Å². The van der Waals surface area contributed by atoms with Gasteiger partial charge < -0.3 is 14.5 Å². The lowest BCUT2D eigenvalue weighted by molar-refractivity contribution is -0.144. The number of furan rings is 1. The number of esters is 1. The molecule has 1 N–H and O–H groups in total. The highest BCUT2D eigenvalue weighted by Crippen LogP contribution is 2.15. The number of hydrogen-bond donors (Lipinski definition) is 1. The summed E-state index contributed by atoms with van der Waals surface area (Å²) in [7, 11) is 1.29. The molecule has 1 heterocycles. The molecular formula is C12H16ClNO4. The van der Waals surface area contributed by atoms with Crippen molar-refractivity contribution in [1.82, 2.24) is 5.32 Å². The second-order valence-corrected chi connectivity index (χ2v) is 4.34. The normalized spacial score (nSPS) is 13.8. The lowest BCUT2D eigenvalue weighted by atomic mass is 9.99. The number of hydrogen-bond acceptors (Lipinski definition) is 4. The van der Waals surface area contributed by atoms with Crippen LogP contribution >= 0.6 is 11.6 Å². The summed E-state index contributed by atoms with van der Waals surface area (Å²) in [5, 5.41) is 2.71. The zero-order valence-corrected chi connectivity index (χ0v) is 11.3. The van der Waals surface area contributed by atoms with Crippen LogP contribution in [0.3, 0.4) is 0 Å². The smallest absolute Gasteiger partial charge is 0.328 e. The third-order valence-electron chi connectivity index (χ3n) is 2.75. The minimum absolute atomic E-state index is 0.0353. The van der Waals surface area contributed by atoms with Gasteiger partial charge in [-0.2, -0.15) is 0 Å². The second-order valence-electron chi connectivity index (χ2n) is 3.96. The number of carbonyl (C=O) groups is 2. The number of amides is 1. The molecule has 0 fully saturated rings. The van der Waals surface area contributed by atoms with E-state index in [0.29, 0.717) is 0 Å². The zero-order valence-electron chi connectivity index (χ0n) is 10.5. The Hall–Kier alpha value is -1.49. The third kappa shape index (κ3) is 3.50. The van der Waals surface area contributed by atoms with Gasteiger partial charge in [0.2, 0.25) is 0 Å². The van der Waals surface area contributed by atoms with Crippen LogP contribution in [0.5, 0.6) is 0 Å². The minimum atomic E-state index is -0.698. The van der Waals surface area contributed by atoms with Crippen molar-refractivity contribution in [2.75, 3.05) is 7.11 Å². The van der Waals surface area contributed by atoms with Crippen molar-refractivity contribution in [3.8, 4) is 0 Å². The molecule has 1 aromatic heterocycles. The summed E-state index contributed by atoms with van der Waals surface area (Å²) in [6.07, 6.45) is 0.735. The number of rotatable bonds is 5. The van der Waals surface area contributed by atoms with Gasteiger partial charge in [-0.15, -0.1) is 0 Å². The highest BCUT2D eigenvalue weighted by atomic mass is 35.5. The van der Waals surface area contributed by atoms with E-state index >= 15 is 0 Å². The first-order valence-electron chi connectivity index (χ1n) is 5.63. The molecule has 0 bridgehead atoms. The maximum absolute atomic E-state index is 11.8. The van der Waals surface area contributed by atoms with Gasteiger partial charge in [0.1, 0.15) is 6.04 Å². The van der Waals surface area contributed by atoms with Gasteiger partial charge in [-0.1, -0.05) is 20.3 Å². The molecule has 0 aliphatic rings. The van der Waals surface area contributed by atoms with E-state index < -0.39 is 17.9 Å². The molecule has 0 aromatic carbocycles. The molecule has 0 aliphatic carbocycles. The van der Waals surface area contributed by atoms with E-state index in [1.165, 1.54) is 19.2 Å². The molecule has 1 rings (SSSR count). The Bertz CT molecular complexity index is 429. The second kappa shape index (κ2) is 6.44. The molecule has 0 aliphatic heterocycles. The van der Waals surface area contributed by atoms with Gasteiger partial charge in [-0.25, -0.2) is 4.79 Å². The third-order valence-corrected chi connectivity index (χ3v) is 2.95. The molecule has 2 atom stereocenters. The van der Waals surface area contributed by atoms with E-state index in [4.69, 9.17) is 16.0 Å². The van der Waals surface area contributed by atoms with Crippen molar-refractivity contribution >= 4 is 23.5 Å². The topological polar surface area (TPSA) is 68.5 Å². The van der Waals surface area contributed by atoms with Gasteiger partial charge in [0.05, 0.1) is 7.11 Å². The predicted molar refractivity (Wildman–Crippen MR) is 66.4 cm³/mol. The number of halogens is 1. The first-order chi connectivity index (χ1) is 8.49. The molecule has 2 unspecified atom stereocenters. The number of methoxy groups -OCH3 is 1. The predicted octanol–water partition coefficient (Wildman–Crippen LogP) is 2.25. The minimum Gasteiger partial charge on any atom is -0.467 e. The fourth-order valence-corrected chi connectivity index (χ4v) is 1.59. The fourth-order valence-electron chi connectivity index (χ4n) is 1.44. The van der Waals surface area contributed by atoms with Crippen LogP contribution < -0.4 is 5.32 Å². The standard InChI is InChI=1S/C12H16ClNO4/c1-4-7(2)10(12(16)17-3)14-11(15)8-5-6-9(13)18-8/h5-7,10H,4H2,1-3H3,(H,14,15). The van der Waals surface area contributed by atoms with E-state index in [9.17, 15) is 9.59 Å². The van der Waals surface area contributed by atoms with Crippen molar-refractivity contribution in [3.05, 3.63) is 23.1 Å². The lowest BCUT2D eigenvalue weighted by Gasteiger charge is -2.21. The first kappa shape index (κ1) is 14.6. The lowest BCUT2D eigenvalue weighted by Crippen LogP contribution is -2.45. The van der Waals surface area contributed by atoms with Gasteiger partial charge in [-0.05, 0) is 29.7 Å². The van der Waals surface area contributed by atoms with Crippen LogP contribution in [0.25, 0.3) is 0 Å². The molecule has 0 saturated heterocycles. The average Bonchev–Trinajstić information content (AvgIpc) is 2.80. The molecule has 5 nitrogen and oxygen atoms in total. The quantitative estimate of drug-likeness (QED) is 0.836. The molecule has 0 saturated carbocycles. The number of nitrogens with one attached hydrogen (secondary N) is 1. The van der Waals surface area contributed by atoms with Crippen molar-refractivity contribution in [2.24, 2.45) is 5.92 Å². The molecular weight excluding hydrogens is 258 g/mol. The Morgan fingerprint density at radius 1 is 1.50 bits per heavy atom. The molecule has 0 spiro atoms. The fraction of sp³-hybridized carbons (Fsp3) is 0.500. The molecule has 1 amide bonds. The van der Waals surface area contributed by atoms with Gasteiger partial charge in [0.25, 0.3) is 5.91 Å². The SMILES string of the molecule is CCC(C)C(NC(=O)c1ccc(Cl)o1)C(=O)OC. The summed E-state index contributed by atoms with van der Waals surface area (Å²) in [4.78, 5) is 23.4. The maximum Gasteiger partial charge on any atom is 0.328 e. The Labute approximate surface area is 110 Å². The van der Waals surface area contributed by atoms with Crippen LogP contribution in [0.1, 0.15) is 30.8 Å².